The Morgan fingerprint density at radius 2 is 2.21 bits per heavy atom. The fourth-order valence-electron chi connectivity index (χ4n) is 2.00. The maximum absolute atomic E-state index is 5.76. The summed E-state index contributed by atoms with van der Waals surface area (Å²) < 4.78 is 2.12. The van der Waals surface area contributed by atoms with Crippen molar-refractivity contribution in [2.45, 2.75) is 25.2 Å². The van der Waals surface area contributed by atoms with Crippen LogP contribution in [0.4, 0.5) is 5.69 Å². The third kappa shape index (κ3) is 1.02. The van der Waals surface area contributed by atoms with Crippen molar-refractivity contribution >= 4 is 11.2 Å². The number of hydrogen-bond donors (Lipinski definition) is 1. The van der Waals surface area contributed by atoms with Gasteiger partial charge in [-0.05, 0) is 25.0 Å². The summed E-state index contributed by atoms with van der Waals surface area (Å²) in [4.78, 5) is 4.47. The van der Waals surface area contributed by atoms with Crippen molar-refractivity contribution in [1.82, 2.24) is 9.38 Å². The van der Waals surface area contributed by atoms with Gasteiger partial charge in [-0.15, -0.1) is 0 Å². The second-order valence-electron chi connectivity index (χ2n) is 4.00. The lowest BCUT2D eigenvalue weighted by Crippen LogP contribution is -2.12. The van der Waals surface area contributed by atoms with Crippen LogP contribution in [0.2, 0.25) is 0 Å². The lowest BCUT2D eigenvalue weighted by atomic mass is 9.85. The molecule has 1 aliphatic rings. The number of nitrogen functional groups attached to an aromatic ring is 1. The largest absolute Gasteiger partial charge is 0.398 e. The maximum Gasteiger partial charge on any atom is 0.116 e. The van der Waals surface area contributed by atoms with Crippen molar-refractivity contribution in [1.29, 1.82) is 0 Å². The number of imidazole rings is 1. The average molecular weight is 187 g/mol. The Kier molecular flexibility index (Phi) is 1.54. The molecule has 2 heterocycles. The molecule has 14 heavy (non-hydrogen) atoms. The number of aromatic nitrogens is 2. The predicted octanol–water partition coefficient (Wildman–Crippen LogP) is 2.18. The Morgan fingerprint density at radius 1 is 1.36 bits per heavy atom. The van der Waals surface area contributed by atoms with E-state index < -0.39 is 0 Å². The van der Waals surface area contributed by atoms with Crippen LogP contribution in [0.15, 0.2) is 24.5 Å². The Bertz CT molecular complexity index is 468. The first-order chi connectivity index (χ1) is 6.84. The van der Waals surface area contributed by atoms with Gasteiger partial charge < -0.3 is 10.1 Å². The summed E-state index contributed by atoms with van der Waals surface area (Å²) in [7, 11) is 0. The lowest BCUT2D eigenvalue weighted by Gasteiger charge is -2.24. The van der Waals surface area contributed by atoms with E-state index in [0.717, 1.165) is 11.2 Å². The van der Waals surface area contributed by atoms with Gasteiger partial charge in [0.1, 0.15) is 5.82 Å². The fourth-order valence-corrected chi connectivity index (χ4v) is 2.00. The molecule has 0 saturated heterocycles. The van der Waals surface area contributed by atoms with Crippen molar-refractivity contribution < 1.29 is 0 Å². The summed E-state index contributed by atoms with van der Waals surface area (Å²) in [6.45, 7) is 0. The van der Waals surface area contributed by atoms with E-state index in [-0.39, 0.29) is 0 Å². The molecule has 0 unspecified atom stereocenters. The van der Waals surface area contributed by atoms with Crippen LogP contribution >= 0.6 is 0 Å². The SMILES string of the molecule is Nc1ccc2cnc(C3CCC3)n2c1. The van der Waals surface area contributed by atoms with Gasteiger partial charge in [0.05, 0.1) is 11.7 Å². The zero-order valence-electron chi connectivity index (χ0n) is 7.98. The molecule has 0 bridgehead atoms. The van der Waals surface area contributed by atoms with E-state index in [4.69, 9.17) is 5.73 Å². The summed E-state index contributed by atoms with van der Waals surface area (Å²) >= 11 is 0. The highest BCUT2D eigenvalue weighted by molar-refractivity contribution is 5.52. The molecule has 0 spiro atoms. The van der Waals surface area contributed by atoms with Crippen LogP contribution in [0.25, 0.3) is 5.52 Å². The number of nitrogens with zero attached hydrogens (tertiary/aromatic N) is 2. The summed E-state index contributed by atoms with van der Waals surface area (Å²) in [6.07, 6.45) is 7.77. The minimum absolute atomic E-state index is 0.652. The molecule has 0 aliphatic heterocycles. The van der Waals surface area contributed by atoms with Gasteiger partial charge in [-0.1, -0.05) is 6.42 Å². The van der Waals surface area contributed by atoms with Crippen molar-refractivity contribution in [3.8, 4) is 0 Å². The molecule has 3 nitrogen and oxygen atoms in total. The highest BCUT2D eigenvalue weighted by Crippen LogP contribution is 2.35. The predicted molar refractivity (Wildman–Crippen MR) is 56.2 cm³/mol. The molecule has 2 aromatic rings. The molecule has 0 radical (unpaired) electrons. The van der Waals surface area contributed by atoms with Crippen LogP contribution in [0.5, 0.6) is 0 Å². The van der Waals surface area contributed by atoms with Gasteiger partial charge in [0.25, 0.3) is 0 Å². The molecule has 3 heteroatoms. The Morgan fingerprint density at radius 3 is 2.93 bits per heavy atom. The third-order valence-electron chi connectivity index (χ3n) is 3.05. The molecular formula is C11H13N3. The number of pyridine rings is 1. The van der Waals surface area contributed by atoms with Gasteiger partial charge in [0, 0.05) is 17.8 Å². The molecule has 0 aromatic carbocycles. The minimum Gasteiger partial charge on any atom is -0.398 e. The smallest absolute Gasteiger partial charge is 0.116 e. The molecule has 1 saturated carbocycles. The lowest BCUT2D eigenvalue weighted by molar-refractivity contribution is 0.400. The third-order valence-corrected chi connectivity index (χ3v) is 3.05. The van der Waals surface area contributed by atoms with E-state index in [1.807, 2.05) is 24.5 Å². The molecule has 1 fully saturated rings. The molecule has 0 amide bonds. The Balaban J connectivity index is 2.18. The minimum atomic E-state index is 0.652. The monoisotopic (exact) mass is 187 g/mol. The molecule has 3 rings (SSSR count). The number of hydrogen-bond acceptors (Lipinski definition) is 2. The summed E-state index contributed by atoms with van der Waals surface area (Å²) in [5.74, 6) is 1.83. The topological polar surface area (TPSA) is 43.3 Å². The Labute approximate surface area is 82.6 Å². The summed E-state index contributed by atoms with van der Waals surface area (Å²) in [5, 5.41) is 0. The van der Waals surface area contributed by atoms with Crippen LogP contribution in [0.1, 0.15) is 31.0 Å². The fraction of sp³-hybridized carbons (Fsp3) is 0.364. The molecule has 1 aliphatic carbocycles. The van der Waals surface area contributed by atoms with Crippen LogP contribution < -0.4 is 5.73 Å². The first kappa shape index (κ1) is 7.85. The van der Waals surface area contributed by atoms with Gasteiger partial charge in [0.15, 0.2) is 0 Å². The molecule has 2 N–H and O–H groups in total. The van der Waals surface area contributed by atoms with Crippen LogP contribution in [-0.2, 0) is 0 Å². The average Bonchev–Trinajstić information content (AvgIpc) is 2.46. The number of anilines is 1. The van der Waals surface area contributed by atoms with E-state index >= 15 is 0 Å². The van der Waals surface area contributed by atoms with Crippen molar-refractivity contribution in [3.63, 3.8) is 0 Å². The number of rotatable bonds is 1. The highest BCUT2D eigenvalue weighted by atomic mass is 15.0. The number of nitrogens with two attached hydrogens (primary N) is 1. The summed E-state index contributed by atoms with van der Waals surface area (Å²) in [5.41, 5.74) is 7.70. The van der Waals surface area contributed by atoms with Crippen LogP contribution in [-0.4, -0.2) is 9.38 Å². The van der Waals surface area contributed by atoms with E-state index in [1.165, 1.54) is 25.1 Å². The van der Waals surface area contributed by atoms with E-state index in [9.17, 15) is 0 Å². The molecule has 2 aromatic heterocycles. The standard InChI is InChI=1S/C11H13N3/c12-9-4-5-10-6-13-11(14(10)7-9)8-2-1-3-8/h4-8H,1-3,12H2. The van der Waals surface area contributed by atoms with Crippen LogP contribution in [0.3, 0.4) is 0 Å². The maximum atomic E-state index is 5.76. The van der Waals surface area contributed by atoms with Gasteiger partial charge in [-0.2, -0.15) is 0 Å². The van der Waals surface area contributed by atoms with Gasteiger partial charge >= 0.3 is 0 Å². The van der Waals surface area contributed by atoms with Crippen LogP contribution in [0, 0.1) is 0 Å². The van der Waals surface area contributed by atoms with Crippen molar-refractivity contribution in [2.24, 2.45) is 0 Å². The molecular weight excluding hydrogens is 174 g/mol. The summed E-state index contributed by atoms with van der Waals surface area (Å²) in [6, 6.07) is 3.94. The number of fused-ring (bicyclic) bond motifs is 1. The zero-order valence-corrected chi connectivity index (χ0v) is 7.98. The normalized spacial score (nSPS) is 17.1. The molecule has 72 valence electrons. The second-order valence-corrected chi connectivity index (χ2v) is 4.00. The van der Waals surface area contributed by atoms with E-state index in [2.05, 4.69) is 9.38 Å². The quantitative estimate of drug-likeness (QED) is 0.743. The van der Waals surface area contributed by atoms with E-state index in [0.29, 0.717) is 5.92 Å². The zero-order chi connectivity index (χ0) is 9.54. The first-order valence-corrected chi connectivity index (χ1v) is 5.07. The van der Waals surface area contributed by atoms with Gasteiger partial charge in [-0.25, -0.2) is 4.98 Å². The first-order valence-electron chi connectivity index (χ1n) is 5.07. The van der Waals surface area contributed by atoms with Crippen molar-refractivity contribution in [2.75, 3.05) is 5.73 Å². The van der Waals surface area contributed by atoms with Crippen molar-refractivity contribution in [3.05, 3.63) is 30.4 Å². The molecule has 0 atom stereocenters. The highest BCUT2D eigenvalue weighted by Gasteiger charge is 2.23. The van der Waals surface area contributed by atoms with Gasteiger partial charge in [0.2, 0.25) is 0 Å². The van der Waals surface area contributed by atoms with E-state index in [1.54, 1.807) is 0 Å². The van der Waals surface area contributed by atoms with Gasteiger partial charge in [-0.3, -0.25) is 0 Å². The second kappa shape index (κ2) is 2.74. The Hall–Kier alpha value is -1.51.